The number of aliphatic hydroxyl groups is 1. The van der Waals surface area contributed by atoms with Gasteiger partial charge in [0.1, 0.15) is 0 Å². The lowest BCUT2D eigenvalue weighted by Gasteiger charge is -2.34. The zero-order valence-corrected chi connectivity index (χ0v) is 21.0. The number of amides is 1. The maximum atomic E-state index is 12.8. The molecule has 0 bridgehead atoms. The summed E-state index contributed by atoms with van der Waals surface area (Å²) in [5.41, 5.74) is 3.55. The zero-order chi connectivity index (χ0) is 25.1. The summed E-state index contributed by atoms with van der Waals surface area (Å²) in [6.07, 6.45) is 1.06. The van der Waals surface area contributed by atoms with E-state index >= 15 is 0 Å². The van der Waals surface area contributed by atoms with Gasteiger partial charge in [0.2, 0.25) is 5.75 Å². The molecule has 0 aliphatic carbocycles. The summed E-state index contributed by atoms with van der Waals surface area (Å²) < 4.78 is 0. The molecule has 2 aliphatic heterocycles. The number of β-amino-alcohol motifs (C(OH)–C–C–N with tert-alkyl or cyclic N) is 1. The van der Waals surface area contributed by atoms with Crippen LogP contribution in [0.3, 0.4) is 0 Å². The first kappa shape index (κ1) is 25.3. The van der Waals surface area contributed by atoms with Gasteiger partial charge in [0.15, 0.2) is 0 Å². The Kier molecular flexibility index (Phi) is 7.84. The van der Waals surface area contributed by atoms with Crippen molar-refractivity contribution in [2.45, 2.75) is 51.8 Å². The third kappa shape index (κ3) is 5.89. The largest absolute Gasteiger partial charge is 0.390 e. The maximum Gasteiger partial charge on any atom is 0.352 e. The summed E-state index contributed by atoms with van der Waals surface area (Å²) in [7, 11) is 0. The van der Waals surface area contributed by atoms with E-state index in [1.807, 2.05) is 24.8 Å². The highest BCUT2D eigenvalue weighted by Crippen LogP contribution is 2.36. The van der Waals surface area contributed by atoms with Gasteiger partial charge in [-0.15, -0.1) is 0 Å². The average molecular weight is 502 g/mol. The summed E-state index contributed by atoms with van der Waals surface area (Å²) in [5, 5.41) is 15.0. The molecule has 0 radical (unpaired) electrons. The topological polar surface area (TPSA) is 91.3 Å². The molecule has 2 aromatic rings. The number of halogens is 1. The molecule has 1 amide bonds. The molecule has 8 nitrogen and oxygen atoms in total. The summed E-state index contributed by atoms with van der Waals surface area (Å²) in [6, 6.07) is 10.7. The van der Waals surface area contributed by atoms with E-state index < -0.39 is 12.1 Å². The number of piperidine rings is 1. The van der Waals surface area contributed by atoms with Crippen LogP contribution in [0.1, 0.15) is 41.3 Å². The van der Waals surface area contributed by atoms with E-state index in [2.05, 4.69) is 10.2 Å². The third-order valence-electron chi connectivity index (χ3n) is 6.84. The number of hydrogen-bond acceptors (Lipinski definition) is 7. The minimum Gasteiger partial charge on any atom is -0.390 e. The molecular formula is C26H32ClN3O5. The van der Waals surface area contributed by atoms with Crippen molar-refractivity contribution in [3.8, 4) is 5.75 Å². The number of benzene rings is 2. The van der Waals surface area contributed by atoms with E-state index in [1.54, 1.807) is 30.3 Å². The molecule has 2 aliphatic rings. The first-order chi connectivity index (χ1) is 16.7. The van der Waals surface area contributed by atoms with Crippen molar-refractivity contribution in [1.29, 1.82) is 0 Å². The first-order valence-corrected chi connectivity index (χ1v) is 12.3. The smallest absolute Gasteiger partial charge is 0.352 e. The van der Waals surface area contributed by atoms with Crippen molar-refractivity contribution in [3.63, 3.8) is 0 Å². The zero-order valence-electron chi connectivity index (χ0n) is 20.3. The fourth-order valence-corrected chi connectivity index (χ4v) is 4.93. The monoisotopic (exact) mass is 501 g/mol. The minimum atomic E-state index is -0.565. The Morgan fingerprint density at radius 2 is 1.74 bits per heavy atom. The molecule has 4 rings (SSSR count). The molecule has 2 saturated heterocycles. The summed E-state index contributed by atoms with van der Waals surface area (Å²) in [5.74, 6) is -0.0661. The van der Waals surface area contributed by atoms with Crippen LogP contribution in [0.25, 0.3) is 0 Å². The molecule has 2 heterocycles. The van der Waals surface area contributed by atoms with Gasteiger partial charge < -0.3 is 20.2 Å². The minimum absolute atomic E-state index is 0.0161. The number of anilines is 1. The van der Waals surface area contributed by atoms with E-state index in [0.29, 0.717) is 42.5 Å². The molecule has 0 unspecified atom stereocenters. The van der Waals surface area contributed by atoms with Gasteiger partial charge in [-0.1, -0.05) is 17.7 Å². The number of rotatable bonds is 6. The van der Waals surface area contributed by atoms with E-state index in [1.165, 1.54) is 6.92 Å². The summed E-state index contributed by atoms with van der Waals surface area (Å²) >= 11 is 5.93. The Morgan fingerprint density at radius 3 is 2.40 bits per heavy atom. The first-order valence-electron chi connectivity index (χ1n) is 11.9. The van der Waals surface area contributed by atoms with Crippen LogP contribution >= 0.6 is 11.6 Å². The SMILES string of the molecule is CC(=O)OOc1ccc(C)c(C)c1N1C[C@H](NC2CCN(C(=O)c3ccc(Cl)cc3)CC2)[C@@H](O)C1. The standard InChI is InChI=1S/C26H32ClN3O5/c1-16-4-9-24(35-34-18(3)31)25(17(16)2)30-14-22(23(32)15-30)28-21-10-12-29(13-11-21)26(33)19-5-7-20(27)8-6-19/h4-9,21-23,28,32H,10-15H2,1-3H3/t22-,23-/m0/s1. The number of hydrogen-bond donors (Lipinski definition) is 2. The lowest BCUT2D eigenvalue weighted by molar-refractivity contribution is -0.210. The van der Waals surface area contributed by atoms with E-state index in [9.17, 15) is 14.7 Å². The van der Waals surface area contributed by atoms with Crippen molar-refractivity contribution in [1.82, 2.24) is 10.2 Å². The number of nitrogens with zero attached hydrogens (tertiary/aromatic N) is 2. The summed E-state index contributed by atoms with van der Waals surface area (Å²) in [6.45, 7) is 7.63. The maximum absolute atomic E-state index is 12.8. The van der Waals surface area contributed by atoms with E-state index in [0.717, 1.165) is 29.7 Å². The fourth-order valence-electron chi connectivity index (χ4n) is 4.80. The molecule has 0 spiro atoms. The summed E-state index contributed by atoms with van der Waals surface area (Å²) in [4.78, 5) is 38.0. The normalized spacial score (nSPS) is 20.7. The Balaban J connectivity index is 1.36. The van der Waals surface area contributed by atoms with Crippen LogP contribution < -0.4 is 15.1 Å². The van der Waals surface area contributed by atoms with Gasteiger partial charge in [-0.05, 0) is 68.1 Å². The molecule has 35 heavy (non-hydrogen) atoms. The van der Waals surface area contributed by atoms with E-state index in [-0.39, 0.29) is 18.0 Å². The highest BCUT2D eigenvalue weighted by Gasteiger charge is 2.36. The van der Waals surface area contributed by atoms with Crippen molar-refractivity contribution < 1.29 is 24.5 Å². The number of carbonyl (C=O) groups excluding carboxylic acids is 2. The van der Waals surface area contributed by atoms with Gasteiger partial charge in [-0.2, -0.15) is 0 Å². The second kappa shape index (κ2) is 10.8. The fraction of sp³-hybridized carbons (Fsp3) is 0.462. The van der Waals surface area contributed by atoms with Crippen LogP contribution in [0.5, 0.6) is 5.75 Å². The van der Waals surface area contributed by atoms with Gasteiger partial charge >= 0.3 is 5.97 Å². The second-order valence-corrected chi connectivity index (χ2v) is 9.77. The average Bonchev–Trinajstić information content (AvgIpc) is 3.19. The van der Waals surface area contributed by atoms with Gasteiger partial charge in [0.25, 0.3) is 5.91 Å². The molecule has 9 heteroatoms. The van der Waals surface area contributed by atoms with Crippen LogP contribution in [0.4, 0.5) is 5.69 Å². The van der Waals surface area contributed by atoms with E-state index in [4.69, 9.17) is 21.4 Å². The van der Waals surface area contributed by atoms with Crippen LogP contribution in [0.15, 0.2) is 36.4 Å². The van der Waals surface area contributed by atoms with Crippen LogP contribution in [-0.4, -0.2) is 66.2 Å². The lowest BCUT2D eigenvalue weighted by Crippen LogP contribution is -2.50. The molecule has 0 aromatic heterocycles. The number of nitrogens with one attached hydrogen (secondary N) is 1. The molecule has 2 N–H and O–H groups in total. The predicted molar refractivity (Wildman–Crippen MR) is 134 cm³/mol. The van der Waals surface area contributed by atoms with Crippen LogP contribution in [0.2, 0.25) is 5.02 Å². The number of aryl methyl sites for hydroxylation is 1. The molecular weight excluding hydrogens is 470 g/mol. The quantitative estimate of drug-likeness (QED) is 0.463. The lowest BCUT2D eigenvalue weighted by atomic mass is 10.0. The number of carbonyl (C=O) groups is 2. The molecule has 0 saturated carbocycles. The van der Waals surface area contributed by atoms with Crippen LogP contribution in [-0.2, 0) is 9.68 Å². The molecule has 188 valence electrons. The Bertz CT molecular complexity index is 1070. The highest BCUT2D eigenvalue weighted by molar-refractivity contribution is 6.30. The molecule has 2 atom stereocenters. The van der Waals surface area contributed by atoms with Crippen molar-refractivity contribution in [2.24, 2.45) is 0 Å². The van der Waals surface area contributed by atoms with Crippen LogP contribution in [0, 0.1) is 13.8 Å². The number of likely N-dealkylation sites (tertiary alicyclic amines) is 1. The Hall–Kier alpha value is -2.81. The van der Waals surface area contributed by atoms with Gasteiger partial charge in [0.05, 0.1) is 17.8 Å². The van der Waals surface area contributed by atoms with Crippen molar-refractivity contribution >= 4 is 29.2 Å². The van der Waals surface area contributed by atoms with Gasteiger partial charge in [-0.25, -0.2) is 4.79 Å². The van der Waals surface area contributed by atoms with Gasteiger partial charge in [-0.3, -0.25) is 14.6 Å². The van der Waals surface area contributed by atoms with Crippen molar-refractivity contribution in [2.75, 3.05) is 31.1 Å². The molecule has 2 fully saturated rings. The Morgan fingerprint density at radius 1 is 1.06 bits per heavy atom. The second-order valence-electron chi connectivity index (χ2n) is 9.33. The predicted octanol–water partition coefficient (Wildman–Crippen LogP) is 3.26. The number of aliphatic hydroxyl groups excluding tert-OH is 1. The third-order valence-corrected chi connectivity index (χ3v) is 7.09. The molecule has 2 aromatic carbocycles. The van der Waals surface area contributed by atoms with Crippen molar-refractivity contribution in [3.05, 3.63) is 58.1 Å². The van der Waals surface area contributed by atoms with Gasteiger partial charge in [0, 0.05) is 49.7 Å². The highest BCUT2D eigenvalue weighted by atomic mass is 35.5. The Labute approximate surface area is 210 Å².